The molecule has 190 valence electrons. The number of anilines is 2. The lowest BCUT2D eigenvalue weighted by atomic mass is 10.0. The minimum Gasteiger partial charge on any atom is -0.454 e. The number of fused-ring (bicyclic) bond motifs is 1. The van der Waals surface area contributed by atoms with Crippen molar-refractivity contribution in [3.63, 3.8) is 0 Å². The molecule has 3 aromatic carbocycles. The van der Waals surface area contributed by atoms with Gasteiger partial charge in [0.2, 0.25) is 0 Å². The molecule has 0 saturated heterocycles. The molecule has 0 unspecified atom stereocenters. The number of carbonyl (C=O) groups is 2. The summed E-state index contributed by atoms with van der Waals surface area (Å²) >= 11 is 0. The van der Waals surface area contributed by atoms with Gasteiger partial charge in [0.25, 0.3) is 11.8 Å². The van der Waals surface area contributed by atoms with Crippen molar-refractivity contribution in [3.8, 4) is 22.9 Å². The lowest BCUT2D eigenvalue weighted by Gasteiger charge is -2.11. The number of nitrogen functional groups attached to an aromatic ring is 2. The minimum absolute atomic E-state index is 0.00376. The zero-order valence-electron chi connectivity index (χ0n) is 20.0. The van der Waals surface area contributed by atoms with Crippen LogP contribution in [0, 0.1) is 18.6 Å². The van der Waals surface area contributed by atoms with Gasteiger partial charge in [0.15, 0.2) is 11.6 Å². The van der Waals surface area contributed by atoms with Crippen LogP contribution in [0.2, 0.25) is 0 Å². The Hall–Kier alpha value is -4.93. The highest BCUT2D eigenvalue weighted by Gasteiger charge is 2.27. The van der Waals surface area contributed by atoms with Crippen LogP contribution in [0.3, 0.4) is 0 Å². The van der Waals surface area contributed by atoms with Crippen LogP contribution < -0.4 is 26.8 Å². The van der Waals surface area contributed by atoms with Gasteiger partial charge < -0.3 is 31.8 Å². The molecule has 0 aliphatic carbocycles. The maximum atomic E-state index is 14.1. The van der Waals surface area contributed by atoms with E-state index < -0.39 is 5.82 Å². The number of nitrogens with one attached hydrogen (secondary N) is 3. The lowest BCUT2D eigenvalue weighted by molar-refractivity contribution is 0.0953. The Balaban J connectivity index is 0.000000342. The molecule has 4 aromatic rings. The number of benzene rings is 3. The van der Waals surface area contributed by atoms with Gasteiger partial charge in [0.05, 0.1) is 5.56 Å². The molecule has 0 spiro atoms. The van der Waals surface area contributed by atoms with Crippen LogP contribution in [0.25, 0.3) is 11.4 Å². The first-order valence-electron chi connectivity index (χ1n) is 11.1. The van der Waals surface area contributed by atoms with E-state index in [1.807, 2.05) is 0 Å². The quantitative estimate of drug-likeness (QED) is 0.265. The van der Waals surface area contributed by atoms with Gasteiger partial charge in [-0.1, -0.05) is 0 Å². The summed E-state index contributed by atoms with van der Waals surface area (Å²) in [6, 6.07) is 13.1. The maximum Gasteiger partial charge on any atom is 0.271 e. The fraction of sp³-hybridized carbons (Fsp3) is 0.115. The van der Waals surface area contributed by atoms with Gasteiger partial charge in [-0.3, -0.25) is 9.59 Å². The Morgan fingerprint density at radius 3 is 2.41 bits per heavy atom. The third-order valence-electron chi connectivity index (χ3n) is 5.50. The van der Waals surface area contributed by atoms with E-state index in [1.54, 1.807) is 19.1 Å². The van der Waals surface area contributed by atoms with Crippen molar-refractivity contribution in [2.45, 2.75) is 13.5 Å². The molecule has 1 aromatic heterocycles. The molecule has 2 amide bonds. The summed E-state index contributed by atoms with van der Waals surface area (Å²) in [5.74, 6) is -0.773. The molecule has 11 heteroatoms. The number of hydrogen-bond acceptors (Lipinski definition) is 6. The predicted molar refractivity (Wildman–Crippen MR) is 135 cm³/mol. The number of rotatable bonds is 4. The Kier molecular flexibility index (Phi) is 7.05. The normalized spacial score (nSPS) is 11.7. The summed E-state index contributed by atoms with van der Waals surface area (Å²) in [5, 5.41) is 5.28. The summed E-state index contributed by atoms with van der Waals surface area (Å²) in [7, 11) is 1.51. The first-order chi connectivity index (χ1) is 17.7. The number of nitrogens with two attached hydrogens (primary N) is 2. The Labute approximate surface area is 210 Å². The summed E-state index contributed by atoms with van der Waals surface area (Å²) in [5.41, 5.74) is 14.1. The number of nitrogens with zero attached hydrogens (tertiary/aromatic N) is 1. The van der Waals surface area contributed by atoms with Crippen molar-refractivity contribution in [1.29, 1.82) is 0 Å². The third kappa shape index (κ3) is 5.50. The third-order valence-corrected chi connectivity index (χ3v) is 5.50. The predicted octanol–water partition coefficient (Wildman–Crippen LogP) is 3.91. The number of aromatic amines is 1. The highest BCUT2D eigenvalue weighted by Crippen LogP contribution is 2.35. The fourth-order valence-corrected chi connectivity index (χ4v) is 3.71. The molecule has 0 bridgehead atoms. The number of hydrogen-bond donors (Lipinski definition) is 5. The molecular weight excluding hydrogens is 482 g/mol. The average molecular weight is 507 g/mol. The van der Waals surface area contributed by atoms with Gasteiger partial charge in [0, 0.05) is 42.3 Å². The van der Waals surface area contributed by atoms with Crippen molar-refractivity contribution in [2.75, 3.05) is 18.5 Å². The first-order valence-corrected chi connectivity index (χ1v) is 11.1. The van der Waals surface area contributed by atoms with Crippen molar-refractivity contribution in [1.82, 2.24) is 20.6 Å². The van der Waals surface area contributed by atoms with Crippen LogP contribution in [0.1, 0.15) is 32.1 Å². The molecule has 2 heterocycles. The summed E-state index contributed by atoms with van der Waals surface area (Å²) in [4.78, 5) is 31.7. The van der Waals surface area contributed by atoms with Gasteiger partial charge in [-0.2, -0.15) is 0 Å². The van der Waals surface area contributed by atoms with E-state index in [0.29, 0.717) is 46.2 Å². The Morgan fingerprint density at radius 1 is 1.05 bits per heavy atom. The number of aryl methyl sites for hydroxylation is 1. The second-order valence-corrected chi connectivity index (χ2v) is 8.17. The standard InChI is InChI=1S/C20H18FN5O3.C6H6FN/c1-9-17(20(28)23-2)26-18(25-9)13-7-12(5-10-8-24-19(27)16(10)13)29-15-4-3-11(22)6-14(15)21;7-5-1-3-6(8)4-2-5/h3-7H,8,22H2,1-2H3,(H,23,28)(H,24,27)(H,25,26);1-4H,8H2. The van der Waals surface area contributed by atoms with Crippen molar-refractivity contribution >= 4 is 23.2 Å². The largest absolute Gasteiger partial charge is 0.454 e. The van der Waals surface area contributed by atoms with Gasteiger partial charge >= 0.3 is 0 Å². The fourth-order valence-electron chi connectivity index (χ4n) is 3.71. The number of amides is 2. The number of aromatic nitrogens is 2. The Bertz CT molecular complexity index is 1460. The van der Waals surface area contributed by atoms with Crippen LogP contribution in [0.5, 0.6) is 11.5 Å². The monoisotopic (exact) mass is 506 g/mol. The van der Waals surface area contributed by atoms with E-state index in [4.69, 9.17) is 16.2 Å². The van der Waals surface area contributed by atoms with E-state index in [1.165, 1.54) is 49.5 Å². The minimum atomic E-state index is -0.600. The SMILES string of the molecule is CNC(=O)c1nc(-c2cc(Oc3ccc(N)cc3F)cc3c2C(=O)NC3)[nH]c1C.Nc1ccc(F)cc1. The smallest absolute Gasteiger partial charge is 0.271 e. The molecule has 37 heavy (non-hydrogen) atoms. The highest BCUT2D eigenvalue weighted by molar-refractivity contribution is 6.04. The van der Waals surface area contributed by atoms with Gasteiger partial charge in [-0.05, 0) is 61.0 Å². The van der Waals surface area contributed by atoms with Crippen LogP contribution in [-0.2, 0) is 6.54 Å². The van der Waals surface area contributed by atoms with Crippen LogP contribution in [0.15, 0.2) is 54.6 Å². The van der Waals surface area contributed by atoms with E-state index in [9.17, 15) is 18.4 Å². The number of H-pyrrole nitrogens is 1. The number of halogens is 2. The van der Waals surface area contributed by atoms with Crippen LogP contribution in [0.4, 0.5) is 20.2 Å². The average Bonchev–Trinajstić information content (AvgIpc) is 3.45. The Morgan fingerprint density at radius 2 is 1.76 bits per heavy atom. The van der Waals surface area contributed by atoms with Crippen molar-refractivity contribution in [3.05, 3.63) is 88.7 Å². The van der Waals surface area contributed by atoms with Gasteiger partial charge in [0.1, 0.15) is 23.1 Å². The number of imidazole rings is 1. The van der Waals surface area contributed by atoms with Crippen molar-refractivity contribution in [2.24, 2.45) is 0 Å². The molecule has 0 atom stereocenters. The van der Waals surface area contributed by atoms with E-state index in [2.05, 4.69) is 20.6 Å². The van der Waals surface area contributed by atoms with E-state index in [-0.39, 0.29) is 34.8 Å². The number of carbonyl (C=O) groups excluding carboxylic acids is 2. The second kappa shape index (κ2) is 10.4. The molecule has 0 fully saturated rings. The van der Waals surface area contributed by atoms with Gasteiger partial charge in [-0.25, -0.2) is 13.8 Å². The van der Waals surface area contributed by atoms with Crippen LogP contribution in [-0.4, -0.2) is 28.8 Å². The van der Waals surface area contributed by atoms with Gasteiger partial charge in [-0.15, -0.1) is 0 Å². The zero-order valence-corrected chi connectivity index (χ0v) is 20.0. The lowest BCUT2D eigenvalue weighted by Crippen LogP contribution is -2.19. The highest BCUT2D eigenvalue weighted by atomic mass is 19.1. The molecule has 0 radical (unpaired) electrons. The molecule has 5 rings (SSSR count). The maximum absolute atomic E-state index is 14.1. The first kappa shape index (κ1) is 25.2. The molecule has 1 aliphatic rings. The van der Waals surface area contributed by atoms with E-state index >= 15 is 0 Å². The summed E-state index contributed by atoms with van der Waals surface area (Å²) in [6.45, 7) is 2.02. The zero-order chi connectivity index (χ0) is 26.7. The summed E-state index contributed by atoms with van der Waals surface area (Å²) in [6.07, 6.45) is 0. The summed E-state index contributed by atoms with van der Waals surface area (Å²) < 4.78 is 31.9. The molecule has 1 aliphatic heterocycles. The van der Waals surface area contributed by atoms with Crippen LogP contribution >= 0.6 is 0 Å². The molecular formula is C26H24F2N6O3. The van der Waals surface area contributed by atoms with E-state index in [0.717, 1.165) is 0 Å². The molecule has 0 saturated carbocycles. The van der Waals surface area contributed by atoms with Crippen molar-refractivity contribution < 1.29 is 23.1 Å². The molecule has 7 N–H and O–H groups in total. The second-order valence-electron chi connectivity index (χ2n) is 8.17. The number of ether oxygens (including phenoxy) is 1. The molecule has 9 nitrogen and oxygen atoms in total. The topological polar surface area (TPSA) is 148 Å².